The van der Waals surface area contributed by atoms with Crippen LogP contribution in [-0.4, -0.2) is 17.6 Å². The van der Waals surface area contributed by atoms with Crippen LogP contribution in [0.25, 0.3) is 0 Å². The van der Waals surface area contributed by atoms with Gasteiger partial charge in [0.25, 0.3) is 5.91 Å². The molecular weight excluding hydrogens is 342 g/mol. The molecule has 0 bridgehead atoms. The molecule has 0 radical (unpaired) electrons. The Balaban J connectivity index is 2.20. The summed E-state index contributed by atoms with van der Waals surface area (Å²) in [7, 11) is 0. The van der Waals surface area contributed by atoms with Gasteiger partial charge in [0, 0.05) is 4.47 Å². The van der Waals surface area contributed by atoms with E-state index in [0.29, 0.717) is 15.1 Å². The van der Waals surface area contributed by atoms with E-state index in [4.69, 9.17) is 11.6 Å². The minimum Gasteiger partial charge on any atom is -0.394 e. The monoisotopic (exact) mass is 353 g/mol. The Labute approximate surface area is 130 Å². The first-order chi connectivity index (χ1) is 9.63. The molecule has 1 amide bonds. The topological polar surface area (TPSA) is 49.3 Å². The normalized spacial score (nSPS) is 11.9. The van der Waals surface area contributed by atoms with Crippen LogP contribution in [-0.2, 0) is 0 Å². The van der Waals surface area contributed by atoms with Gasteiger partial charge in [0.2, 0.25) is 0 Å². The van der Waals surface area contributed by atoms with Crippen LogP contribution in [0, 0.1) is 0 Å². The molecule has 0 heterocycles. The molecule has 20 heavy (non-hydrogen) atoms. The molecule has 0 aliphatic heterocycles. The summed E-state index contributed by atoms with van der Waals surface area (Å²) in [6.07, 6.45) is 0. The Morgan fingerprint density at radius 3 is 2.55 bits per heavy atom. The standard InChI is InChI=1S/C15H13BrClNO2/c16-12-8-4-7-11(14(12)17)15(20)18-13(9-19)10-5-2-1-3-6-10/h1-8,13,19H,9H2,(H,18,20). The lowest BCUT2D eigenvalue weighted by atomic mass is 10.1. The minimum absolute atomic E-state index is 0.179. The van der Waals surface area contributed by atoms with Crippen LogP contribution >= 0.6 is 27.5 Å². The van der Waals surface area contributed by atoms with Crippen molar-refractivity contribution >= 4 is 33.4 Å². The van der Waals surface area contributed by atoms with E-state index in [1.54, 1.807) is 18.2 Å². The summed E-state index contributed by atoms with van der Waals surface area (Å²) in [4.78, 5) is 12.2. The quantitative estimate of drug-likeness (QED) is 0.882. The number of benzene rings is 2. The molecule has 0 fully saturated rings. The molecule has 0 aliphatic rings. The van der Waals surface area contributed by atoms with E-state index in [0.717, 1.165) is 5.56 Å². The summed E-state index contributed by atoms with van der Waals surface area (Å²) in [5, 5.41) is 12.6. The van der Waals surface area contributed by atoms with E-state index >= 15 is 0 Å². The second-order valence-corrected chi connectivity index (χ2v) is 5.45. The number of amides is 1. The Bertz CT molecular complexity index is 604. The van der Waals surface area contributed by atoms with Gasteiger partial charge in [0.05, 0.1) is 23.2 Å². The minimum atomic E-state index is -0.459. The fraction of sp³-hybridized carbons (Fsp3) is 0.133. The largest absolute Gasteiger partial charge is 0.394 e. The summed E-state index contributed by atoms with van der Waals surface area (Å²) in [5.41, 5.74) is 1.21. The molecular formula is C15H13BrClNO2. The first kappa shape index (κ1) is 15.0. The average molecular weight is 355 g/mol. The van der Waals surface area contributed by atoms with Crippen molar-refractivity contribution in [1.82, 2.24) is 5.32 Å². The van der Waals surface area contributed by atoms with Crippen molar-refractivity contribution in [1.29, 1.82) is 0 Å². The van der Waals surface area contributed by atoms with Gasteiger partial charge in [-0.05, 0) is 33.6 Å². The molecule has 2 aromatic carbocycles. The Morgan fingerprint density at radius 1 is 1.20 bits per heavy atom. The average Bonchev–Trinajstić information content (AvgIpc) is 2.48. The van der Waals surface area contributed by atoms with Crippen molar-refractivity contribution in [2.45, 2.75) is 6.04 Å². The highest BCUT2D eigenvalue weighted by Crippen LogP contribution is 2.26. The molecule has 104 valence electrons. The van der Waals surface area contributed by atoms with E-state index in [1.807, 2.05) is 30.3 Å². The molecule has 2 rings (SSSR count). The van der Waals surface area contributed by atoms with E-state index in [2.05, 4.69) is 21.2 Å². The number of aliphatic hydroxyl groups is 1. The Hall–Kier alpha value is -1.36. The first-order valence-corrected chi connectivity index (χ1v) is 7.21. The molecule has 5 heteroatoms. The molecule has 1 atom stereocenters. The predicted octanol–water partition coefficient (Wildman–Crippen LogP) is 3.57. The fourth-order valence-electron chi connectivity index (χ4n) is 1.83. The van der Waals surface area contributed by atoms with Gasteiger partial charge in [-0.25, -0.2) is 0 Å². The molecule has 0 aliphatic carbocycles. The van der Waals surface area contributed by atoms with Gasteiger partial charge in [-0.2, -0.15) is 0 Å². The highest BCUT2D eigenvalue weighted by molar-refractivity contribution is 9.10. The third-order valence-corrected chi connectivity index (χ3v) is 4.18. The second kappa shape index (κ2) is 6.88. The summed E-state index contributed by atoms with van der Waals surface area (Å²) in [5.74, 6) is -0.320. The van der Waals surface area contributed by atoms with Gasteiger partial charge >= 0.3 is 0 Å². The van der Waals surface area contributed by atoms with Gasteiger partial charge < -0.3 is 10.4 Å². The summed E-state index contributed by atoms with van der Waals surface area (Å²) < 4.78 is 0.659. The third kappa shape index (κ3) is 3.39. The number of carbonyl (C=O) groups excluding carboxylic acids is 1. The van der Waals surface area contributed by atoms with E-state index in [9.17, 15) is 9.90 Å². The van der Waals surface area contributed by atoms with E-state index in [1.165, 1.54) is 0 Å². The zero-order chi connectivity index (χ0) is 14.5. The maximum atomic E-state index is 12.2. The van der Waals surface area contributed by atoms with Crippen LogP contribution in [0.4, 0.5) is 0 Å². The number of hydrogen-bond donors (Lipinski definition) is 2. The summed E-state index contributed by atoms with van der Waals surface area (Å²) in [6, 6.07) is 14.0. The highest BCUT2D eigenvalue weighted by Gasteiger charge is 2.17. The molecule has 0 saturated heterocycles. The second-order valence-electron chi connectivity index (χ2n) is 4.22. The van der Waals surface area contributed by atoms with Crippen molar-refractivity contribution in [2.75, 3.05) is 6.61 Å². The van der Waals surface area contributed by atoms with Crippen LogP contribution < -0.4 is 5.32 Å². The molecule has 0 saturated carbocycles. The van der Waals surface area contributed by atoms with Crippen molar-refractivity contribution in [3.63, 3.8) is 0 Å². The summed E-state index contributed by atoms with van der Waals surface area (Å²) in [6.45, 7) is -0.179. The van der Waals surface area contributed by atoms with Crippen LogP contribution in [0.15, 0.2) is 53.0 Å². The van der Waals surface area contributed by atoms with Crippen molar-refractivity contribution < 1.29 is 9.90 Å². The van der Waals surface area contributed by atoms with Crippen molar-refractivity contribution in [2.24, 2.45) is 0 Å². The fourth-order valence-corrected chi connectivity index (χ4v) is 2.41. The van der Waals surface area contributed by atoms with E-state index in [-0.39, 0.29) is 12.5 Å². The highest BCUT2D eigenvalue weighted by atomic mass is 79.9. The molecule has 2 N–H and O–H groups in total. The molecule has 1 unspecified atom stereocenters. The predicted molar refractivity (Wildman–Crippen MR) is 82.9 cm³/mol. The maximum Gasteiger partial charge on any atom is 0.253 e. The van der Waals surface area contributed by atoms with E-state index < -0.39 is 6.04 Å². The number of rotatable bonds is 4. The smallest absolute Gasteiger partial charge is 0.253 e. The van der Waals surface area contributed by atoms with Gasteiger partial charge in [-0.3, -0.25) is 4.79 Å². The van der Waals surface area contributed by atoms with Crippen LogP contribution in [0.5, 0.6) is 0 Å². The van der Waals surface area contributed by atoms with Crippen LogP contribution in [0.3, 0.4) is 0 Å². The molecule has 3 nitrogen and oxygen atoms in total. The lowest BCUT2D eigenvalue weighted by Gasteiger charge is -2.17. The number of aliphatic hydroxyl groups excluding tert-OH is 1. The molecule has 0 aromatic heterocycles. The Morgan fingerprint density at radius 2 is 1.90 bits per heavy atom. The Kier molecular flexibility index (Phi) is 5.17. The lowest BCUT2D eigenvalue weighted by molar-refractivity contribution is 0.0916. The third-order valence-electron chi connectivity index (χ3n) is 2.89. The van der Waals surface area contributed by atoms with Crippen LogP contribution in [0.1, 0.15) is 22.0 Å². The number of carbonyl (C=O) groups is 1. The number of nitrogens with one attached hydrogen (secondary N) is 1. The maximum absolute atomic E-state index is 12.2. The zero-order valence-electron chi connectivity index (χ0n) is 10.5. The van der Waals surface area contributed by atoms with Crippen molar-refractivity contribution in [3.05, 3.63) is 69.2 Å². The zero-order valence-corrected chi connectivity index (χ0v) is 12.9. The number of halogens is 2. The van der Waals surface area contributed by atoms with Crippen molar-refractivity contribution in [3.8, 4) is 0 Å². The SMILES string of the molecule is O=C(NC(CO)c1ccccc1)c1cccc(Br)c1Cl. The lowest BCUT2D eigenvalue weighted by Crippen LogP contribution is -2.31. The van der Waals surface area contributed by atoms with Crippen LogP contribution in [0.2, 0.25) is 5.02 Å². The molecule has 2 aromatic rings. The molecule has 0 spiro atoms. The van der Waals surface area contributed by atoms with Gasteiger partial charge in [0.1, 0.15) is 0 Å². The summed E-state index contributed by atoms with van der Waals surface area (Å²) >= 11 is 9.37. The number of hydrogen-bond acceptors (Lipinski definition) is 2. The van der Waals surface area contributed by atoms with Gasteiger partial charge in [-0.1, -0.05) is 48.0 Å². The van der Waals surface area contributed by atoms with Gasteiger partial charge in [0.15, 0.2) is 0 Å². The first-order valence-electron chi connectivity index (χ1n) is 6.04. The van der Waals surface area contributed by atoms with Gasteiger partial charge in [-0.15, -0.1) is 0 Å².